The Labute approximate surface area is 128 Å². The second-order valence-electron chi connectivity index (χ2n) is 5.49. The topological polar surface area (TPSA) is 27.6 Å². The summed E-state index contributed by atoms with van der Waals surface area (Å²) >= 11 is 0. The molecule has 0 aliphatic carbocycles. The van der Waals surface area contributed by atoms with Crippen molar-refractivity contribution in [3.63, 3.8) is 0 Å². The van der Waals surface area contributed by atoms with Gasteiger partial charge in [0.1, 0.15) is 5.84 Å². The molecule has 0 unspecified atom stereocenters. The lowest BCUT2D eigenvalue weighted by atomic mass is 10.0. The first-order valence-electron chi connectivity index (χ1n) is 7.68. The van der Waals surface area contributed by atoms with Crippen LogP contribution in [0, 0.1) is 6.92 Å². The van der Waals surface area contributed by atoms with Crippen LogP contribution in [-0.2, 0) is 0 Å². The molecule has 112 valence electrons. The largest absolute Gasteiger partial charge is 0.263 e. The molecule has 0 bridgehead atoms. The SMILES string of the molecule is C=C1/C=C\N=C(C)N(NCCCCC)c2cc(C)ccc21. The van der Waals surface area contributed by atoms with Crippen LogP contribution in [0.25, 0.3) is 5.57 Å². The lowest BCUT2D eigenvalue weighted by Gasteiger charge is -2.28. The van der Waals surface area contributed by atoms with Crippen LogP contribution >= 0.6 is 0 Å². The molecule has 1 aliphatic heterocycles. The van der Waals surface area contributed by atoms with Gasteiger partial charge in [0.25, 0.3) is 0 Å². The van der Waals surface area contributed by atoms with Crippen molar-refractivity contribution in [1.82, 2.24) is 5.43 Å². The van der Waals surface area contributed by atoms with E-state index in [1.807, 2.05) is 19.2 Å². The van der Waals surface area contributed by atoms with Gasteiger partial charge in [0.2, 0.25) is 0 Å². The number of allylic oxidation sites excluding steroid dienone is 2. The molecule has 3 nitrogen and oxygen atoms in total. The molecule has 21 heavy (non-hydrogen) atoms. The molecule has 0 saturated heterocycles. The molecular weight excluding hydrogens is 258 g/mol. The van der Waals surface area contributed by atoms with Crippen LogP contribution in [0.1, 0.15) is 44.2 Å². The first-order valence-corrected chi connectivity index (χ1v) is 7.68. The van der Waals surface area contributed by atoms with Crippen LogP contribution in [0.4, 0.5) is 5.69 Å². The summed E-state index contributed by atoms with van der Waals surface area (Å²) in [6.45, 7) is 11.4. The molecule has 0 saturated carbocycles. The van der Waals surface area contributed by atoms with Gasteiger partial charge in [-0.2, -0.15) is 0 Å². The molecule has 1 aliphatic rings. The molecule has 0 radical (unpaired) electrons. The maximum absolute atomic E-state index is 4.48. The van der Waals surface area contributed by atoms with Crippen LogP contribution < -0.4 is 10.4 Å². The number of hydrogen-bond donors (Lipinski definition) is 1. The third kappa shape index (κ3) is 3.82. The number of rotatable bonds is 5. The fraction of sp³-hybridized carbons (Fsp3) is 0.389. The average Bonchev–Trinajstić information content (AvgIpc) is 2.46. The molecule has 1 aromatic rings. The van der Waals surface area contributed by atoms with Gasteiger partial charge in [0.15, 0.2) is 0 Å². The number of amidine groups is 1. The zero-order valence-corrected chi connectivity index (χ0v) is 13.3. The van der Waals surface area contributed by atoms with E-state index in [-0.39, 0.29) is 0 Å². The van der Waals surface area contributed by atoms with Crippen molar-refractivity contribution in [2.75, 3.05) is 11.6 Å². The van der Waals surface area contributed by atoms with Crippen molar-refractivity contribution in [3.8, 4) is 0 Å². The number of nitrogens with one attached hydrogen (secondary N) is 1. The molecule has 0 spiro atoms. The first-order chi connectivity index (χ1) is 10.1. The second kappa shape index (κ2) is 7.23. The lowest BCUT2D eigenvalue weighted by molar-refractivity contribution is 0.630. The van der Waals surface area contributed by atoms with Gasteiger partial charge >= 0.3 is 0 Å². The summed E-state index contributed by atoms with van der Waals surface area (Å²) < 4.78 is 0. The summed E-state index contributed by atoms with van der Waals surface area (Å²) in [7, 11) is 0. The van der Waals surface area contributed by atoms with Crippen LogP contribution in [0.3, 0.4) is 0 Å². The number of hydrogen-bond acceptors (Lipinski definition) is 3. The molecule has 0 fully saturated rings. The normalized spacial score (nSPS) is 16.0. The maximum atomic E-state index is 4.48. The van der Waals surface area contributed by atoms with Gasteiger partial charge in [0.05, 0.1) is 5.69 Å². The third-order valence-corrected chi connectivity index (χ3v) is 3.65. The number of fused-ring (bicyclic) bond motifs is 1. The maximum Gasteiger partial charge on any atom is 0.120 e. The molecule has 0 amide bonds. The molecular formula is C18H25N3. The third-order valence-electron chi connectivity index (χ3n) is 3.65. The Kier molecular flexibility index (Phi) is 5.34. The van der Waals surface area contributed by atoms with Crippen LogP contribution in [0.5, 0.6) is 0 Å². The van der Waals surface area contributed by atoms with Crippen molar-refractivity contribution >= 4 is 17.1 Å². The van der Waals surface area contributed by atoms with Crippen LogP contribution in [-0.4, -0.2) is 12.4 Å². The van der Waals surface area contributed by atoms with Gasteiger partial charge in [-0.25, -0.2) is 10.4 Å². The average molecular weight is 283 g/mol. The zero-order valence-electron chi connectivity index (χ0n) is 13.3. The van der Waals surface area contributed by atoms with E-state index in [4.69, 9.17) is 0 Å². The number of aliphatic imine (C=N–C) groups is 1. The van der Waals surface area contributed by atoms with E-state index < -0.39 is 0 Å². The van der Waals surface area contributed by atoms with Crippen molar-refractivity contribution in [2.24, 2.45) is 4.99 Å². The Morgan fingerprint density at radius 2 is 2.05 bits per heavy atom. The number of hydrazine groups is 1. The van der Waals surface area contributed by atoms with Gasteiger partial charge < -0.3 is 0 Å². The molecule has 1 N–H and O–H groups in total. The zero-order chi connectivity index (χ0) is 15.2. The predicted molar refractivity (Wildman–Crippen MR) is 92.5 cm³/mol. The van der Waals surface area contributed by atoms with Crippen LogP contribution in [0.15, 0.2) is 42.0 Å². The standard InChI is InChI=1S/C18H25N3/c1-5-6-7-11-20-21-16(4)19-12-10-15(3)17-9-8-14(2)13-18(17)21/h8-10,12-13,20H,3,5-7,11H2,1-2,4H3/b12-10-,19-16?. The molecule has 0 atom stereocenters. The highest BCUT2D eigenvalue weighted by atomic mass is 15.5. The minimum Gasteiger partial charge on any atom is -0.263 e. The van der Waals surface area contributed by atoms with E-state index in [0.29, 0.717) is 0 Å². The smallest absolute Gasteiger partial charge is 0.120 e. The Balaban J connectivity index is 2.33. The van der Waals surface area contributed by atoms with E-state index >= 15 is 0 Å². The summed E-state index contributed by atoms with van der Waals surface area (Å²) in [5.41, 5.74) is 8.00. The molecule has 3 heteroatoms. The fourth-order valence-electron chi connectivity index (χ4n) is 2.42. The van der Waals surface area contributed by atoms with Gasteiger partial charge in [-0.1, -0.05) is 38.5 Å². The molecule has 0 aromatic heterocycles. The number of unbranched alkanes of at least 4 members (excludes halogenated alkanes) is 2. The quantitative estimate of drug-likeness (QED) is 0.808. The highest BCUT2D eigenvalue weighted by molar-refractivity contribution is 5.99. The summed E-state index contributed by atoms with van der Waals surface area (Å²) in [6.07, 6.45) is 7.42. The number of benzene rings is 1. The fourth-order valence-corrected chi connectivity index (χ4v) is 2.42. The summed E-state index contributed by atoms with van der Waals surface area (Å²) in [4.78, 5) is 4.48. The predicted octanol–water partition coefficient (Wildman–Crippen LogP) is 4.46. The number of nitrogens with zero attached hydrogens (tertiary/aromatic N) is 2. The first kappa shape index (κ1) is 15.5. The van der Waals surface area contributed by atoms with Crippen molar-refractivity contribution in [3.05, 3.63) is 48.2 Å². The van der Waals surface area contributed by atoms with Gasteiger partial charge in [-0.3, -0.25) is 5.01 Å². The van der Waals surface area contributed by atoms with Crippen molar-refractivity contribution in [2.45, 2.75) is 40.0 Å². The summed E-state index contributed by atoms with van der Waals surface area (Å²) in [5, 5.41) is 2.09. The van der Waals surface area contributed by atoms with E-state index in [1.165, 1.54) is 18.4 Å². The highest BCUT2D eigenvalue weighted by Gasteiger charge is 2.16. The summed E-state index contributed by atoms with van der Waals surface area (Å²) in [6, 6.07) is 6.45. The van der Waals surface area contributed by atoms with Gasteiger partial charge in [-0.15, -0.1) is 0 Å². The van der Waals surface area contributed by atoms with E-state index in [2.05, 4.69) is 54.1 Å². The van der Waals surface area contributed by atoms with E-state index in [0.717, 1.165) is 35.6 Å². The lowest BCUT2D eigenvalue weighted by Crippen LogP contribution is -2.43. The number of anilines is 1. The number of aryl methyl sites for hydroxylation is 1. The highest BCUT2D eigenvalue weighted by Crippen LogP contribution is 2.29. The monoisotopic (exact) mass is 283 g/mol. The molecule has 2 rings (SSSR count). The van der Waals surface area contributed by atoms with Crippen molar-refractivity contribution < 1.29 is 0 Å². The van der Waals surface area contributed by atoms with E-state index in [9.17, 15) is 0 Å². The van der Waals surface area contributed by atoms with Gasteiger partial charge in [-0.05, 0) is 43.5 Å². The summed E-state index contributed by atoms with van der Waals surface area (Å²) in [5.74, 6) is 0.946. The minimum atomic E-state index is 0.946. The Hall–Kier alpha value is -1.87. The molecule has 1 heterocycles. The minimum absolute atomic E-state index is 0.946. The van der Waals surface area contributed by atoms with Crippen molar-refractivity contribution in [1.29, 1.82) is 0 Å². The van der Waals surface area contributed by atoms with E-state index in [1.54, 1.807) is 0 Å². The second-order valence-corrected chi connectivity index (χ2v) is 5.49. The Morgan fingerprint density at radius 3 is 2.81 bits per heavy atom. The Bertz CT molecular complexity index is 570. The molecule has 1 aromatic carbocycles. The Morgan fingerprint density at radius 1 is 1.24 bits per heavy atom. The van der Waals surface area contributed by atoms with Gasteiger partial charge in [0, 0.05) is 18.3 Å². The van der Waals surface area contributed by atoms with Crippen LogP contribution in [0.2, 0.25) is 0 Å².